The van der Waals surface area contributed by atoms with Crippen LogP contribution in [0.5, 0.6) is 0 Å². The first-order chi connectivity index (χ1) is 5.27. The lowest BCUT2D eigenvalue weighted by Crippen LogP contribution is -2.26. The number of carbonyl (C=O) groups is 1. The quantitative estimate of drug-likeness (QED) is 0.375. The summed E-state index contributed by atoms with van der Waals surface area (Å²) in [5.41, 5.74) is 0. The van der Waals surface area contributed by atoms with Crippen molar-refractivity contribution < 1.29 is 9.53 Å². The Morgan fingerprint density at radius 2 is 2.27 bits per heavy atom. The van der Waals surface area contributed by atoms with E-state index >= 15 is 0 Å². The van der Waals surface area contributed by atoms with Gasteiger partial charge in [0.1, 0.15) is 6.10 Å². The van der Waals surface area contributed by atoms with Crippen LogP contribution in [0.15, 0.2) is 0 Å². The van der Waals surface area contributed by atoms with Gasteiger partial charge in [0, 0.05) is 5.92 Å². The van der Waals surface area contributed by atoms with Crippen molar-refractivity contribution in [2.45, 2.75) is 22.9 Å². The van der Waals surface area contributed by atoms with Crippen molar-refractivity contribution in [2.24, 2.45) is 17.8 Å². The summed E-state index contributed by atoms with van der Waals surface area (Å²) >= 11 is 2.45. The van der Waals surface area contributed by atoms with Crippen LogP contribution in [0.1, 0.15) is 12.8 Å². The second kappa shape index (κ2) is 1.92. The van der Waals surface area contributed by atoms with Gasteiger partial charge in [-0.05, 0) is 18.8 Å². The molecule has 0 aromatic rings. The molecule has 5 atom stereocenters. The number of ether oxygens (including phenoxy) is 1. The Balaban J connectivity index is 2.04. The first kappa shape index (κ1) is 6.69. The summed E-state index contributed by atoms with van der Waals surface area (Å²) in [4.78, 5) is 11.2. The molecule has 2 aliphatic carbocycles. The molecule has 0 aromatic heterocycles. The lowest BCUT2D eigenvalue weighted by atomic mass is 9.90. The highest BCUT2D eigenvalue weighted by Crippen LogP contribution is 2.56. The van der Waals surface area contributed by atoms with Crippen molar-refractivity contribution in [2.75, 3.05) is 0 Å². The molecule has 0 amide bonds. The summed E-state index contributed by atoms with van der Waals surface area (Å²) in [6.45, 7) is 0. The maximum absolute atomic E-state index is 11.2. The molecule has 2 saturated carbocycles. The molecule has 1 heterocycles. The van der Waals surface area contributed by atoms with Crippen molar-refractivity contribution in [1.29, 1.82) is 0 Å². The SMILES string of the molecule is O=C1OC2C(I)C3CC1C2C3. The topological polar surface area (TPSA) is 26.3 Å². The third-order valence-electron chi connectivity index (χ3n) is 3.39. The van der Waals surface area contributed by atoms with Gasteiger partial charge < -0.3 is 4.74 Å². The third-order valence-corrected chi connectivity index (χ3v) is 5.12. The van der Waals surface area contributed by atoms with Gasteiger partial charge in [0.05, 0.1) is 9.84 Å². The van der Waals surface area contributed by atoms with E-state index in [9.17, 15) is 4.79 Å². The predicted octanol–water partition coefficient (Wildman–Crippen LogP) is 1.37. The molecule has 3 heteroatoms. The minimum absolute atomic E-state index is 0.0849. The van der Waals surface area contributed by atoms with Gasteiger partial charge in [0.2, 0.25) is 0 Å². The summed E-state index contributed by atoms with van der Waals surface area (Å²) in [6.07, 6.45) is 2.63. The molecule has 0 radical (unpaired) electrons. The number of rotatable bonds is 0. The van der Waals surface area contributed by atoms with Crippen molar-refractivity contribution in [1.82, 2.24) is 0 Å². The van der Waals surface area contributed by atoms with E-state index in [4.69, 9.17) is 4.74 Å². The zero-order valence-electron chi connectivity index (χ0n) is 6.00. The Bertz CT molecular complexity index is 228. The molecule has 3 rings (SSSR count). The van der Waals surface area contributed by atoms with Gasteiger partial charge in [-0.3, -0.25) is 4.79 Å². The van der Waals surface area contributed by atoms with Crippen molar-refractivity contribution in [3.8, 4) is 0 Å². The van der Waals surface area contributed by atoms with E-state index in [1.165, 1.54) is 6.42 Å². The van der Waals surface area contributed by atoms with Crippen LogP contribution in [0.25, 0.3) is 0 Å². The average Bonchev–Trinajstić information content (AvgIpc) is 2.53. The minimum Gasteiger partial charge on any atom is -0.461 e. The average molecular weight is 264 g/mol. The number of hydrogen-bond donors (Lipinski definition) is 0. The zero-order valence-corrected chi connectivity index (χ0v) is 8.15. The number of hydrogen-bond acceptors (Lipinski definition) is 2. The standard InChI is InChI=1S/C8H9IO2/c9-6-3-1-4-5(2-3)8(10)11-7(4)6/h3-7H,1-2H2. The molecule has 3 aliphatic rings. The first-order valence-corrected chi connectivity index (χ1v) is 5.36. The lowest BCUT2D eigenvalue weighted by Gasteiger charge is -2.19. The molecular formula is C8H9IO2. The summed E-state index contributed by atoms with van der Waals surface area (Å²) in [6, 6.07) is 0. The first-order valence-electron chi connectivity index (χ1n) is 4.12. The molecule has 11 heavy (non-hydrogen) atoms. The van der Waals surface area contributed by atoms with Crippen LogP contribution in [0.4, 0.5) is 0 Å². The molecule has 60 valence electrons. The van der Waals surface area contributed by atoms with Gasteiger partial charge >= 0.3 is 5.97 Å². The molecule has 5 unspecified atom stereocenters. The molecule has 3 fully saturated rings. The van der Waals surface area contributed by atoms with Crippen LogP contribution >= 0.6 is 22.6 Å². The van der Waals surface area contributed by atoms with E-state index < -0.39 is 0 Å². The minimum atomic E-state index is 0.0849. The van der Waals surface area contributed by atoms with E-state index in [1.54, 1.807) is 0 Å². The smallest absolute Gasteiger partial charge is 0.309 e. The fourth-order valence-electron chi connectivity index (χ4n) is 2.88. The number of carbonyl (C=O) groups excluding carboxylic acids is 1. The Morgan fingerprint density at radius 1 is 1.45 bits per heavy atom. The molecule has 2 bridgehead atoms. The van der Waals surface area contributed by atoms with Crippen LogP contribution in [-0.4, -0.2) is 16.0 Å². The number of alkyl halides is 1. The van der Waals surface area contributed by atoms with E-state index in [-0.39, 0.29) is 18.0 Å². The summed E-state index contributed by atoms with van der Waals surface area (Å²) in [5.74, 6) is 1.74. The Kier molecular flexibility index (Phi) is 1.17. The van der Waals surface area contributed by atoms with Crippen LogP contribution in [-0.2, 0) is 9.53 Å². The second-order valence-corrected chi connectivity index (χ2v) is 5.29. The second-order valence-electron chi connectivity index (χ2n) is 3.85. The largest absolute Gasteiger partial charge is 0.461 e. The van der Waals surface area contributed by atoms with E-state index in [1.807, 2.05) is 0 Å². The van der Waals surface area contributed by atoms with Crippen molar-refractivity contribution in [3.05, 3.63) is 0 Å². The van der Waals surface area contributed by atoms with Gasteiger partial charge in [-0.2, -0.15) is 0 Å². The molecule has 0 N–H and O–H groups in total. The monoisotopic (exact) mass is 264 g/mol. The zero-order chi connectivity index (χ0) is 7.59. The van der Waals surface area contributed by atoms with E-state index in [0.717, 1.165) is 12.3 Å². The normalized spacial score (nSPS) is 58.6. The van der Waals surface area contributed by atoms with Crippen molar-refractivity contribution >= 4 is 28.6 Å². The van der Waals surface area contributed by atoms with E-state index in [2.05, 4.69) is 22.6 Å². The predicted molar refractivity (Wildman–Crippen MR) is 47.4 cm³/mol. The highest BCUT2D eigenvalue weighted by Gasteiger charge is 2.60. The maximum atomic E-state index is 11.2. The number of halogens is 1. The summed E-state index contributed by atoms with van der Waals surface area (Å²) in [7, 11) is 0. The summed E-state index contributed by atoms with van der Waals surface area (Å²) < 4.78 is 5.92. The molecule has 1 saturated heterocycles. The Labute approximate surface area is 78.8 Å². The molecule has 2 nitrogen and oxygen atoms in total. The van der Waals surface area contributed by atoms with Gasteiger partial charge in [0.25, 0.3) is 0 Å². The Hall–Kier alpha value is 0.200. The van der Waals surface area contributed by atoms with Crippen LogP contribution < -0.4 is 0 Å². The van der Waals surface area contributed by atoms with Crippen LogP contribution in [0.2, 0.25) is 0 Å². The van der Waals surface area contributed by atoms with Crippen LogP contribution in [0.3, 0.4) is 0 Å². The van der Waals surface area contributed by atoms with E-state index in [0.29, 0.717) is 9.84 Å². The number of esters is 1. The van der Waals surface area contributed by atoms with Gasteiger partial charge in [0.15, 0.2) is 0 Å². The highest BCUT2D eigenvalue weighted by atomic mass is 127. The molecule has 0 aromatic carbocycles. The molecular weight excluding hydrogens is 255 g/mol. The number of fused-ring (bicyclic) bond motifs is 1. The Morgan fingerprint density at radius 3 is 2.91 bits per heavy atom. The molecule has 0 spiro atoms. The van der Waals surface area contributed by atoms with Crippen molar-refractivity contribution in [3.63, 3.8) is 0 Å². The van der Waals surface area contributed by atoms with Gasteiger partial charge in [-0.1, -0.05) is 22.6 Å². The molecule has 1 aliphatic heterocycles. The maximum Gasteiger partial charge on any atom is 0.309 e. The van der Waals surface area contributed by atoms with Gasteiger partial charge in [-0.25, -0.2) is 0 Å². The highest BCUT2D eigenvalue weighted by molar-refractivity contribution is 14.1. The van der Waals surface area contributed by atoms with Gasteiger partial charge in [-0.15, -0.1) is 0 Å². The summed E-state index contributed by atoms with van der Waals surface area (Å²) in [5, 5.41) is 0. The third kappa shape index (κ3) is 0.661. The fourth-order valence-corrected chi connectivity index (χ4v) is 4.15. The van der Waals surface area contributed by atoms with Crippen LogP contribution in [0, 0.1) is 17.8 Å². The lowest BCUT2D eigenvalue weighted by molar-refractivity contribution is -0.143. The fraction of sp³-hybridized carbons (Fsp3) is 0.875.